The first-order valence-electron chi connectivity index (χ1n) is 3.05. The van der Waals surface area contributed by atoms with Gasteiger partial charge in [-0.15, -0.1) is 0 Å². The molecule has 0 amide bonds. The lowest BCUT2D eigenvalue weighted by Gasteiger charge is -1.99. The fraction of sp³-hybridized carbons (Fsp3) is 0. The number of rotatable bonds is 1. The van der Waals surface area contributed by atoms with Crippen LogP contribution in [-0.2, 0) is 9.80 Å². The summed E-state index contributed by atoms with van der Waals surface area (Å²) in [6.07, 6.45) is 0. The predicted molar refractivity (Wildman–Crippen MR) is 42.7 cm³/mol. The summed E-state index contributed by atoms with van der Waals surface area (Å²) in [5, 5.41) is -2.46. The van der Waals surface area contributed by atoms with Crippen molar-refractivity contribution >= 4 is 15.2 Å². The van der Waals surface area contributed by atoms with E-state index in [1.165, 1.54) is 24.3 Å². The fourth-order valence-corrected chi connectivity index (χ4v) is 1.40. The summed E-state index contributed by atoms with van der Waals surface area (Å²) in [5.74, 6) is 0. The fourth-order valence-electron chi connectivity index (χ4n) is 0.694. The summed E-state index contributed by atoms with van der Waals surface area (Å²) in [6.45, 7) is 0. The van der Waals surface area contributed by atoms with E-state index in [-0.39, 0.29) is 4.90 Å². The molecule has 5 heteroatoms. The van der Waals surface area contributed by atoms with Crippen LogP contribution in [0.15, 0.2) is 35.2 Å². The van der Waals surface area contributed by atoms with Crippen LogP contribution in [0.4, 0.5) is 8.78 Å². The minimum absolute atomic E-state index is 0.273. The first-order chi connectivity index (χ1) is 5.55. The molecule has 0 saturated heterocycles. The molecular formula is C7H6F2O2S. The van der Waals surface area contributed by atoms with Gasteiger partial charge in [0.1, 0.15) is 0 Å². The van der Waals surface area contributed by atoms with Gasteiger partial charge in [-0.05, 0) is 12.1 Å². The first-order valence-corrected chi connectivity index (χ1v) is 4.56. The molecule has 0 heterocycles. The van der Waals surface area contributed by atoms with Gasteiger partial charge in [-0.2, -0.15) is 8.78 Å². The third kappa shape index (κ3) is 1.62. The standard InChI is InChI=1S/C7H6F2O2S/c8-7(9)12(10,11)6-4-2-1-3-5-6/h1-5H,(H,10,11). The molecule has 1 aromatic rings. The van der Waals surface area contributed by atoms with Crippen LogP contribution in [0.5, 0.6) is 0 Å². The van der Waals surface area contributed by atoms with E-state index in [1.54, 1.807) is 6.07 Å². The quantitative estimate of drug-likeness (QED) is 0.544. The Balaban J connectivity index is 3.36. The summed E-state index contributed by atoms with van der Waals surface area (Å²) in [6, 6.07) is 6.79. The van der Waals surface area contributed by atoms with E-state index in [4.69, 9.17) is 4.55 Å². The molecule has 1 N–H and O–H groups in total. The van der Waals surface area contributed by atoms with E-state index in [2.05, 4.69) is 0 Å². The van der Waals surface area contributed by atoms with Gasteiger partial charge in [0, 0.05) is 0 Å². The molecule has 1 rings (SSSR count). The normalized spacial score (nSPS) is 15.2. The SMILES string of the molecule is O=S(O)(=C(F)F)c1ccccc1. The van der Waals surface area contributed by atoms with Crippen molar-refractivity contribution in [3.05, 3.63) is 30.3 Å². The van der Waals surface area contributed by atoms with Crippen molar-refractivity contribution in [3.63, 3.8) is 0 Å². The van der Waals surface area contributed by atoms with E-state index in [0.29, 0.717) is 0 Å². The lowest BCUT2D eigenvalue weighted by Crippen LogP contribution is -2.05. The first kappa shape index (κ1) is 9.15. The minimum Gasteiger partial charge on any atom is -0.306 e. The van der Waals surface area contributed by atoms with Gasteiger partial charge in [0.15, 0.2) is 9.80 Å². The zero-order valence-corrected chi connectivity index (χ0v) is 6.72. The van der Waals surface area contributed by atoms with Gasteiger partial charge in [-0.3, -0.25) is 0 Å². The van der Waals surface area contributed by atoms with Gasteiger partial charge in [0.2, 0.25) is 0 Å². The predicted octanol–water partition coefficient (Wildman–Crippen LogP) is 1.83. The maximum Gasteiger partial charge on any atom is 0.350 e. The summed E-state index contributed by atoms with van der Waals surface area (Å²) in [5.41, 5.74) is 0. The molecule has 0 aliphatic carbocycles. The molecule has 0 aliphatic heterocycles. The van der Waals surface area contributed by atoms with Gasteiger partial charge in [-0.25, -0.2) is 4.21 Å². The Hall–Kier alpha value is -0.940. The lowest BCUT2D eigenvalue weighted by atomic mass is 10.4. The van der Waals surface area contributed by atoms with Crippen LogP contribution < -0.4 is 0 Å². The van der Waals surface area contributed by atoms with Crippen molar-refractivity contribution in [1.29, 1.82) is 0 Å². The average Bonchev–Trinajstić information content (AvgIpc) is 2.06. The minimum atomic E-state index is -4.24. The Kier molecular flexibility index (Phi) is 2.44. The molecule has 66 valence electrons. The summed E-state index contributed by atoms with van der Waals surface area (Å²) < 4.78 is 43.4. The van der Waals surface area contributed by atoms with Crippen molar-refractivity contribution in [2.75, 3.05) is 0 Å². The highest BCUT2D eigenvalue weighted by molar-refractivity contribution is 7.96. The Morgan fingerprint density at radius 3 is 2.17 bits per heavy atom. The molecule has 1 unspecified atom stereocenters. The van der Waals surface area contributed by atoms with Crippen LogP contribution >= 0.6 is 0 Å². The molecule has 1 aromatic carbocycles. The van der Waals surface area contributed by atoms with E-state index >= 15 is 0 Å². The van der Waals surface area contributed by atoms with Gasteiger partial charge >= 0.3 is 5.37 Å². The van der Waals surface area contributed by atoms with Crippen LogP contribution in [0.2, 0.25) is 0 Å². The highest BCUT2D eigenvalue weighted by Gasteiger charge is 2.13. The Morgan fingerprint density at radius 2 is 1.75 bits per heavy atom. The molecule has 0 aliphatic rings. The zero-order valence-electron chi connectivity index (χ0n) is 5.91. The number of benzene rings is 1. The molecule has 1 atom stereocenters. The van der Waals surface area contributed by atoms with Gasteiger partial charge < -0.3 is 4.55 Å². The number of hydrogen-bond acceptors (Lipinski definition) is 1. The van der Waals surface area contributed by atoms with Gasteiger partial charge in [-0.1, -0.05) is 18.2 Å². The zero-order chi connectivity index (χ0) is 9.19. The van der Waals surface area contributed by atoms with Gasteiger partial charge in [0.05, 0.1) is 4.90 Å². The maximum atomic E-state index is 11.9. The van der Waals surface area contributed by atoms with Crippen LogP contribution in [0.3, 0.4) is 0 Å². The number of halogens is 2. The van der Waals surface area contributed by atoms with Crippen molar-refractivity contribution < 1.29 is 17.5 Å². The van der Waals surface area contributed by atoms with Crippen molar-refractivity contribution in [3.8, 4) is 0 Å². The molecule has 2 nitrogen and oxygen atoms in total. The molecule has 0 saturated carbocycles. The highest BCUT2D eigenvalue weighted by Crippen LogP contribution is 2.10. The smallest absolute Gasteiger partial charge is 0.306 e. The summed E-state index contributed by atoms with van der Waals surface area (Å²) in [7, 11) is -4.24. The molecule has 12 heavy (non-hydrogen) atoms. The molecular weight excluding hydrogens is 186 g/mol. The average molecular weight is 192 g/mol. The van der Waals surface area contributed by atoms with Crippen LogP contribution in [-0.4, -0.2) is 14.1 Å². The monoisotopic (exact) mass is 192 g/mol. The van der Waals surface area contributed by atoms with Crippen molar-refractivity contribution in [2.24, 2.45) is 0 Å². The third-order valence-corrected chi connectivity index (χ3v) is 2.60. The molecule has 0 spiro atoms. The largest absolute Gasteiger partial charge is 0.350 e. The van der Waals surface area contributed by atoms with Crippen LogP contribution in [0.25, 0.3) is 0 Å². The molecule has 0 aromatic heterocycles. The Labute approximate surface area is 68.7 Å². The second-order valence-electron chi connectivity index (χ2n) is 2.06. The third-order valence-electron chi connectivity index (χ3n) is 1.27. The lowest BCUT2D eigenvalue weighted by molar-refractivity contribution is 0.542. The molecule has 0 radical (unpaired) electrons. The topological polar surface area (TPSA) is 37.3 Å². The maximum absolute atomic E-state index is 11.9. The molecule has 0 fully saturated rings. The van der Waals surface area contributed by atoms with E-state index in [0.717, 1.165) is 0 Å². The Morgan fingerprint density at radius 1 is 1.25 bits per heavy atom. The number of hydrogen-bond donors (Lipinski definition) is 1. The second kappa shape index (κ2) is 3.20. The van der Waals surface area contributed by atoms with E-state index < -0.39 is 15.2 Å². The van der Waals surface area contributed by atoms with Crippen LogP contribution in [0, 0.1) is 0 Å². The van der Waals surface area contributed by atoms with Crippen molar-refractivity contribution in [2.45, 2.75) is 4.90 Å². The summed E-state index contributed by atoms with van der Waals surface area (Å²) in [4.78, 5) is -0.273. The van der Waals surface area contributed by atoms with Crippen molar-refractivity contribution in [1.82, 2.24) is 0 Å². The molecule has 0 bridgehead atoms. The van der Waals surface area contributed by atoms with Gasteiger partial charge in [0.25, 0.3) is 0 Å². The van der Waals surface area contributed by atoms with E-state index in [9.17, 15) is 13.0 Å². The highest BCUT2D eigenvalue weighted by atomic mass is 32.2. The second-order valence-corrected chi connectivity index (χ2v) is 3.90. The Bertz CT molecular complexity index is 376. The summed E-state index contributed by atoms with van der Waals surface area (Å²) >= 11 is 0. The van der Waals surface area contributed by atoms with E-state index in [1.807, 2.05) is 0 Å². The van der Waals surface area contributed by atoms with Crippen LogP contribution in [0.1, 0.15) is 0 Å².